The van der Waals surface area contributed by atoms with Gasteiger partial charge in [0.1, 0.15) is 5.75 Å². The summed E-state index contributed by atoms with van der Waals surface area (Å²) in [6.45, 7) is 2.06. The lowest BCUT2D eigenvalue weighted by Crippen LogP contribution is -2.47. The molecule has 0 bridgehead atoms. The zero-order valence-corrected chi connectivity index (χ0v) is 13.7. The van der Waals surface area contributed by atoms with Crippen LogP contribution in [-0.2, 0) is 11.2 Å². The molecule has 122 valence electrons. The summed E-state index contributed by atoms with van der Waals surface area (Å²) in [4.78, 5) is 12.0. The summed E-state index contributed by atoms with van der Waals surface area (Å²) in [7, 11) is 0. The Morgan fingerprint density at radius 2 is 2.05 bits per heavy atom. The van der Waals surface area contributed by atoms with E-state index in [4.69, 9.17) is 11.6 Å². The van der Waals surface area contributed by atoms with E-state index in [0.717, 1.165) is 25.7 Å². The highest BCUT2D eigenvalue weighted by Gasteiger charge is 2.32. The van der Waals surface area contributed by atoms with Gasteiger partial charge in [0.05, 0.1) is 12.0 Å². The number of aromatic hydroxyl groups is 1. The van der Waals surface area contributed by atoms with Crippen LogP contribution in [0.2, 0.25) is 5.02 Å². The van der Waals surface area contributed by atoms with Crippen LogP contribution in [0.25, 0.3) is 0 Å². The summed E-state index contributed by atoms with van der Waals surface area (Å²) >= 11 is 6.00. The maximum atomic E-state index is 12.0. The largest absolute Gasteiger partial charge is 0.508 e. The van der Waals surface area contributed by atoms with E-state index in [1.165, 1.54) is 18.6 Å². The third kappa shape index (κ3) is 4.62. The Morgan fingerprint density at radius 1 is 1.36 bits per heavy atom. The Balaban J connectivity index is 1.86. The predicted octanol–water partition coefficient (Wildman–Crippen LogP) is 3.04. The van der Waals surface area contributed by atoms with E-state index < -0.39 is 5.60 Å². The molecular weight excluding hydrogens is 302 g/mol. The monoisotopic (exact) mass is 325 g/mol. The predicted molar refractivity (Wildman–Crippen MR) is 87.0 cm³/mol. The summed E-state index contributed by atoms with van der Waals surface area (Å²) in [6, 6.07) is 4.56. The van der Waals surface area contributed by atoms with E-state index in [2.05, 4.69) is 5.32 Å². The molecule has 3 N–H and O–H groups in total. The molecule has 1 fully saturated rings. The van der Waals surface area contributed by atoms with E-state index >= 15 is 0 Å². The molecule has 1 saturated carbocycles. The smallest absolute Gasteiger partial charge is 0.224 e. The van der Waals surface area contributed by atoms with Gasteiger partial charge in [-0.25, -0.2) is 0 Å². The Bertz CT molecular complexity index is 525. The zero-order valence-electron chi connectivity index (χ0n) is 12.9. The molecule has 5 heteroatoms. The molecule has 22 heavy (non-hydrogen) atoms. The van der Waals surface area contributed by atoms with E-state index in [9.17, 15) is 15.0 Å². The van der Waals surface area contributed by atoms with Crippen LogP contribution in [0.5, 0.6) is 5.75 Å². The van der Waals surface area contributed by atoms with Crippen molar-refractivity contribution in [3.63, 3.8) is 0 Å². The van der Waals surface area contributed by atoms with Gasteiger partial charge in [0.2, 0.25) is 5.91 Å². The van der Waals surface area contributed by atoms with Gasteiger partial charge in [0.25, 0.3) is 0 Å². The fourth-order valence-electron chi connectivity index (χ4n) is 3.06. The first-order valence-electron chi connectivity index (χ1n) is 7.85. The van der Waals surface area contributed by atoms with Crippen LogP contribution in [-0.4, -0.2) is 28.3 Å². The molecule has 1 aromatic carbocycles. The van der Waals surface area contributed by atoms with Crippen LogP contribution in [0.3, 0.4) is 0 Å². The first kappa shape index (κ1) is 17.1. The van der Waals surface area contributed by atoms with Gasteiger partial charge in [0, 0.05) is 11.6 Å². The van der Waals surface area contributed by atoms with Gasteiger partial charge in [-0.15, -0.1) is 0 Å². The number of rotatable bonds is 5. The molecule has 0 unspecified atom stereocenters. The van der Waals surface area contributed by atoms with Crippen molar-refractivity contribution in [1.82, 2.24) is 5.32 Å². The quantitative estimate of drug-likeness (QED) is 0.779. The Kier molecular flexibility index (Phi) is 5.70. The van der Waals surface area contributed by atoms with Crippen molar-refractivity contribution < 1.29 is 15.0 Å². The summed E-state index contributed by atoms with van der Waals surface area (Å²) in [5.74, 6) is 0.150. The van der Waals surface area contributed by atoms with Crippen molar-refractivity contribution in [3.8, 4) is 5.75 Å². The number of benzene rings is 1. The van der Waals surface area contributed by atoms with Gasteiger partial charge >= 0.3 is 0 Å². The molecule has 2 rings (SSSR count). The van der Waals surface area contributed by atoms with Crippen molar-refractivity contribution >= 4 is 17.5 Å². The molecule has 1 aromatic rings. The molecule has 1 aliphatic rings. The number of carbonyl (C=O) groups excluding carboxylic acids is 1. The van der Waals surface area contributed by atoms with Crippen molar-refractivity contribution in [2.45, 2.75) is 51.0 Å². The molecule has 0 saturated heterocycles. The lowest BCUT2D eigenvalue weighted by molar-refractivity contribution is -0.122. The molecule has 1 amide bonds. The lowest BCUT2D eigenvalue weighted by Gasteiger charge is -2.35. The van der Waals surface area contributed by atoms with Crippen LogP contribution in [0, 0.1) is 5.92 Å². The normalized spacial score (nSPS) is 18.7. The van der Waals surface area contributed by atoms with E-state index in [1.54, 1.807) is 13.0 Å². The number of phenolic OH excluding ortho intramolecular Hbond substituents is 1. The molecule has 4 nitrogen and oxygen atoms in total. The van der Waals surface area contributed by atoms with Crippen LogP contribution >= 0.6 is 11.6 Å². The first-order valence-corrected chi connectivity index (χ1v) is 8.23. The minimum atomic E-state index is -0.866. The summed E-state index contributed by atoms with van der Waals surface area (Å²) in [5.41, 5.74) is -0.205. The minimum absolute atomic E-state index is 0.0781. The van der Waals surface area contributed by atoms with Crippen LogP contribution in [0.15, 0.2) is 18.2 Å². The highest BCUT2D eigenvalue weighted by Crippen LogP contribution is 2.32. The van der Waals surface area contributed by atoms with Gasteiger partial charge in [-0.1, -0.05) is 36.9 Å². The maximum absolute atomic E-state index is 12.0. The van der Waals surface area contributed by atoms with Crippen molar-refractivity contribution in [2.75, 3.05) is 6.54 Å². The van der Waals surface area contributed by atoms with E-state index in [1.807, 2.05) is 0 Å². The van der Waals surface area contributed by atoms with E-state index in [0.29, 0.717) is 10.6 Å². The van der Waals surface area contributed by atoms with Gasteiger partial charge < -0.3 is 15.5 Å². The second kappa shape index (κ2) is 7.34. The van der Waals surface area contributed by atoms with E-state index in [-0.39, 0.29) is 30.5 Å². The number of phenols is 1. The average Bonchev–Trinajstić information content (AvgIpc) is 2.49. The Labute approximate surface area is 136 Å². The maximum Gasteiger partial charge on any atom is 0.224 e. The zero-order chi connectivity index (χ0) is 16.2. The molecule has 1 aliphatic carbocycles. The van der Waals surface area contributed by atoms with Crippen molar-refractivity contribution in [2.24, 2.45) is 5.92 Å². The Hall–Kier alpha value is -1.26. The van der Waals surface area contributed by atoms with Crippen LogP contribution in [0.4, 0.5) is 0 Å². The molecular formula is C17H24ClNO3. The van der Waals surface area contributed by atoms with Gasteiger partial charge in [0.15, 0.2) is 0 Å². The molecule has 0 aliphatic heterocycles. The first-order chi connectivity index (χ1) is 10.4. The third-order valence-corrected chi connectivity index (χ3v) is 4.87. The van der Waals surface area contributed by atoms with Gasteiger partial charge in [-0.3, -0.25) is 4.79 Å². The third-order valence-electron chi connectivity index (χ3n) is 4.52. The van der Waals surface area contributed by atoms with Gasteiger partial charge in [-0.05, 0) is 43.4 Å². The summed E-state index contributed by atoms with van der Waals surface area (Å²) < 4.78 is 0. The summed E-state index contributed by atoms with van der Waals surface area (Å²) in [6.07, 6.45) is 5.72. The van der Waals surface area contributed by atoms with Crippen molar-refractivity contribution in [1.29, 1.82) is 0 Å². The van der Waals surface area contributed by atoms with Crippen LogP contribution < -0.4 is 5.32 Å². The summed E-state index contributed by atoms with van der Waals surface area (Å²) in [5, 5.41) is 23.0. The number of amides is 1. The molecule has 0 spiro atoms. The molecule has 0 heterocycles. The lowest BCUT2D eigenvalue weighted by atomic mass is 9.78. The fourth-order valence-corrected chi connectivity index (χ4v) is 3.30. The van der Waals surface area contributed by atoms with Gasteiger partial charge in [-0.2, -0.15) is 0 Å². The molecule has 1 atom stereocenters. The number of nitrogens with one attached hydrogen (secondary N) is 1. The SMILES string of the molecule is C[C@](O)(CNC(=O)Cc1ccc(O)cc1Cl)C1CCCCC1. The topological polar surface area (TPSA) is 69.6 Å². The number of hydrogen-bond donors (Lipinski definition) is 3. The second-order valence-corrected chi connectivity index (χ2v) is 6.83. The average molecular weight is 326 g/mol. The van der Waals surface area contributed by atoms with Crippen LogP contribution in [0.1, 0.15) is 44.6 Å². The second-order valence-electron chi connectivity index (χ2n) is 6.42. The number of carbonyl (C=O) groups is 1. The highest BCUT2D eigenvalue weighted by atomic mass is 35.5. The number of hydrogen-bond acceptors (Lipinski definition) is 3. The number of aliphatic hydroxyl groups is 1. The number of halogens is 1. The molecule has 0 radical (unpaired) electrons. The highest BCUT2D eigenvalue weighted by molar-refractivity contribution is 6.31. The minimum Gasteiger partial charge on any atom is -0.508 e. The Morgan fingerprint density at radius 3 is 2.68 bits per heavy atom. The standard InChI is InChI=1S/C17H24ClNO3/c1-17(22,13-5-3-2-4-6-13)11-19-16(21)9-12-7-8-14(20)10-15(12)18/h7-8,10,13,20,22H,2-6,9,11H2,1H3,(H,19,21)/t17-/m0/s1. The molecule has 0 aromatic heterocycles. The van der Waals surface area contributed by atoms with Crippen molar-refractivity contribution in [3.05, 3.63) is 28.8 Å². The fraction of sp³-hybridized carbons (Fsp3) is 0.588.